The fraction of sp³-hybridized carbons (Fsp3) is 0.333. The molecule has 1 aliphatic carbocycles. The Bertz CT molecular complexity index is 994. The van der Waals surface area contributed by atoms with Gasteiger partial charge >= 0.3 is 0 Å². The summed E-state index contributed by atoms with van der Waals surface area (Å²) >= 11 is 6.05. The monoisotopic (exact) mass is 383 g/mol. The minimum Gasteiger partial charge on any atom is -0.485 e. The van der Waals surface area contributed by atoms with Crippen LogP contribution in [0.3, 0.4) is 0 Å². The number of hydrogen-bond donors (Lipinski definition) is 0. The molecule has 0 aliphatic heterocycles. The molecule has 3 aromatic rings. The quantitative estimate of drug-likeness (QED) is 0.629. The lowest BCUT2D eigenvalue weighted by Gasteiger charge is -2.18. The minimum absolute atomic E-state index is 0.160. The van der Waals surface area contributed by atoms with Crippen LogP contribution in [0, 0.1) is 5.92 Å². The number of imidazole rings is 1. The third-order valence-corrected chi connectivity index (χ3v) is 5.09. The van der Waals surface area contributed by atoms with Crippen LogP contribution in [0.15, 0.2) is 42.6 Å². The molecule has 0 unspecified atom stereocenters. The highest BCUT2D eigenvalue weighted by Gasteiger charge is 2.34. The second-order valence-corrected chi connectivity index (χ2v) is 7.33. The number of carbonyl (C=O) groups excluding carboxylic acids is 1. The SMILES string of the molecule is CCc1nc2c(OCc3cccc(Cl)c3)cccn2c1N(C)C(=O)C1CC1. The van der Waals surface area contributed by atoms with Crippen molar-refractivity contribution in [1.29, 1.82) is 0 Å². The standard InChI is InChI=1S/C21H22ClN3O2/c1-3-17-20(24(2)21(26)15-9-10-15)25-11-5-8-18(19(25)23-17)27-13-14-6-4-7-16(22)12-14/h4-8,11-12,15H,3,9-10,13H2,1-2H3. The Kier molecular flexibility index (Phi) is 4.79. The number of benzene rings is 1. The number of hydrogen-bond acceptors (Lipinski definition) is 3. The van der Waals surface area contributed by atoms with Crippen LogP contribution >= 0.6 is 11.6 Å². The number of aromatic nitrogens is 2. The maximum Gasteiger partial charge on any atom is 0.231 e. The van der Waals surface area contributed by atoms with E-state index in [9.17, 15) is 4.79 Å². The number of fused-ring (bicyclic) bond motifs is 1. The van der Waals surface area contributed by atoms with Gasteiger partial charge in [-0.25, -0.2) is 4.98 Å². The summed E-state index contributed by atoms with van der Waals surface area (Å²) in [7, 11) is 1.84. The van der Waals surface area contributed by atoms with Gasteiger partial charge in [-0.1, -0.05) is 30.7 Å². The molecule has 1 fully saturated rings. The van der Waals surface area contributed by atoms with Gasteiger partial charge in [0.25, 0.3) is 0 Å². The van der Waals surface area contributed by atoms with Gasteiger partial charge in [0.2, 0.25) is 5.91 Å². The van der Waals surface area contributed by atoms with Crippen molar-refractivity contribution in [3.63, 3.8) is 0 Å². The predicted molar refractivity (Wildman–Crippen MR) is 106 cm³/mol. The first-order chi connectivity index (χ1) is 13.1. The van der Waals surface area contributed by atoms with E-state index in [0.29, 0.717) is 17.4 Å². The zero-order valence-electron chi connectivity index (χ0n) is 15.5. The van der Waals surface area contributed by atoms with Crippen LogP contribution in [0.25, 0.3) is 5.65 Å². The zero-order valence-corrected chi connectivity index (χ0v) is 16.2. The third-order valence-electron chi connectivity index (χ3n) is 4.85. The van der Waals surface area contributed by atoms with E-state index < -0.39 is 0 Å². The van der Waals surface area contributed by atoms with Gasteiger partial charge in [0, 0.05) is 24.2 Å². The lowest BCUT2D eigenvalue weighted by atomic mass is 10.2. The maximum absolute atomic E-state index is 12.6. The summed E-state index contributed by atoms with van der Waals surface area (Å²) in [5.74, 6) is 1.84. The fourth-order valence-corrected chi connectivity index (χ4v) is 3.49. The molecule has 5 nitrogen and oxygen atoms in total. The highest BCUT2D eigenvalue weighted by molar-refractivity contribution is 6.30. The largest absolute Gasteiger partial charge is 0.485 e. The first-order valence-electron chi connectivity index (χ1n) is 9.23. The van der Waals surface area contributed by atoms with Crippen LogP contribution in [0.1, 0.15) is 31.0 Å². The number of ether oxygens (including phenoxy) is 1. The second-order valence-electron chi connectivity index (χ2n) is 6.89. The number of pyridine rings is 1. The van der Waals surface area contributed by atoms with Crippen LogP contribution in [0.4, 0.5) is 5.82 Å². The molecule has 140 valence electrons. The first kappa shape index (κ1) is 17.9. The summed E-state index contributed by atoms with van der Waals surface area (Å²) in [6.45, 7) is 2.45. The van der Waals surface area contributed by atoms with Crippen molar-refractivity contribution in [3.05, 3.63) is 58.9 Å². The molecular formula is C21H22ClN3O2. The van der Waals surface area contributed by atoms with Crippen LogP contribution in [-0.4, -0.2) is 22.3 Å². The molecule has 27 heavy (non-hydrogen) atoms. The number of carbonyl (C=O) groups is 1. The summed E-state index contributed by atoms with van der Waals surface area (Å²) in [4.78, 5) is 19.1. The number of rotatable bonds is 6. The Morgan fingerprint density at radius 3 is 2.85 bits per heavy atom. The lowest BCUT2D eigenvalue weighted by molar-refractivity contribution is -0.119. The van der Waals surface area contributed by atoms with Crippen LogP contribution < -0.4 is 9.64 Å². The molecule has 0 radical (unpaired) electrons. The Morgan fingerprint density at radius 2 is 2.15 bits per heavy atom. The molecule has 0 atom stereocenters. The van der Waals surface area contributed by atoms with E-state index in [0.717, 1.165) is 42.0 Å². The molecule has 0 N–H and O–H groups in total. The van der Waals surface area contributed by atoms with Crippen LogP contribution in [0.2, 0.25) is 5.02 Å². The zero-order chi connectivity index (χ0) is 19.0. The number of anilines is 1. The van der Waals surface area contributed by atoms with Crippen LogP contribution in [-0.2, 0) is 17.8 Å². The molecule has 0 spiro atoms. The van der Waals surface area contributed by atoms with Crippen molar-refractivity contribution >= 4 is 29.0 Å². The number of aryl methyl sites for hydroxylation is 1. The fourth-order valence-electron chi connectivity index (χ4n) is 3.28. The van der Waals surface area contributed by atoms with Gasteiger partial charge in [-0.3, -0.25) is 14.1 Å². The Balaban J connectivity index is 1.67. The van der Waals surface area contributed by atoms with E-state index in [1.54, 1.807) is 4.90 Å². The molecule has 1 amide bonds. The van der Waals surface area contributed by atoms with Crippen LogP contribution in [0.5, 0.6) is 5.75 Å². The molecule has 4 rings (SSSR count). The summed E-state index contributed by atoms with van der Waals surface area (Å²) in [5, 5.41) is 0.686. The van der Waals surface area contributed by atoms with Crippen molar-refractivity contribution < 1.29 is 9.53 Å². The molecule has 1 saturated carbocycles. The molecule has 0 bridgehead atoms. The van der Waals surface area contributed by atoms with Gasteiger partial charge in [0.15, 0.2) is 11.4 Å². The number of nitrogens with zero attached hydrogens (tertiary/aromatic N) is 3. The molecule has 0 saturated heterocycles. The van der Waals surface area contributed by atoms with Gasteiger partial charge in [0.1, 0.15) is 12.4 Å². The molecule has 2 aromatic heterocycles. The van der Waals surface area contributed by atoms with E-state index in [1.165, 1.54) is 0 Å². The average Bonchev–Trinajstić information content (AvgIpc) is 3.45. The van der Waals surface area contributed by atoms with Gasteiger partial charge in [-0.15, -0.1) is 0 Å². The minimum atomic E-state index is 0.160. The van der Waals surface area contributed by atoms with Crippen molar-refractivity contribution in [2.45, 2.75) is 32.8 Å². The topological polar surface area (TPSA) is 46.8 Å². The predicted octanol–water partition coefficient (Wildman–Crippen LogP) is 4.50. The van der Waals surface area contributed by atoms with Crippen molar-refractivity contribution in [2.75, 3.05) is 11.9 Å². The smallest absolute Gasteiger partial charge is 0.231 e. The van der Waals surface area contributed by atoms with E-state index >= 15 is 0 Å². The second kappa shape index (κ2) is 7.24. The highest BCUT2D eigenvalue weighted by Crippen LogP contribution is 2.34. The highest BCUT2D eigenvalue weighted by atomic mass is 35.5. The molecular weight excluding hydrogens is 362 g/mol. The normalized spacial score (nSPS) is 13.7. The summed E-state index contributed by atoms with van der Waals surface area (Å²) in [6.07, 6.45) is 4.64. The van der Waals surface area contributed by atoms with Gasteiger partial charge in [0.05, 0.1) is 5.69 Å². The maximum atomic E-state index is 12.6. The van der Waals surface area contributed by atoms with Crippen molar-refractivity contribution in [1.82, 2.24) is 9.38 Å². The number of halogens is 1. The summed E-state index contributed by atoms with van der Waals surface area (Å²) in [6, 6.07) is 11.4. The van der Waals surface area contributed by atoms with Gasteiger partial charge < -0.3 is 4.74 Å². The first-order valence-corrected chi connectivity index (χ1v) is 9.61. The average molecular weight is 384 g/mol. The summed E-state index contributed by atoms with van der Waals surface area (Å²) in [5.41, 5.74) is 2.61. The Labute approximate surface area is 163 Å². The Hall–Kier alpha value is -2.53. The Morgan fingerprint density at radius 1 is 1.33 bits per heavy atom. The lowest BCUT2D eigenvalue weighted by Crippen LogP contribution is -2.29. The molecule has 6 heteroatoms. The number of amides is 1. The molecule has 2 heterocycles. The van der Waals surface area contributed by atoms with Crippen molar-refractivity contribution in [2.24, 2.45) is 5.92 Å². The van der Waals surface area contributed by atoms with Crippen molar-refractivity contribution in [3.8, 4) is 5.75 Å². The van der Waals surface area contributed by atoms with E-state index in [2.05, 4.69) is 0 Å². The third kappa shape index (κ3) is 3.52. The van der Waals surface area contributed by atoms with E-state index in [-0.39, 0.29) is 11.8 Å². The summed E-state index contributed by atoms with van der Waals surface area (Å²) < 4.78 is 7.98. The molecule has 1 aliphatic rings. The van der Waals surface area contributed by atoms with Gasteiger partial charge in [-0.05, 0) is 49.1 Å². The van der Waals surface area contributed by atoms with E-state index in [4.69, 9.17) is 21.3 Å². The van der Waals surface area contributed by atoms with Gasteiger partial charge in [-0.2, -0.15) is 0 Å². The van der Waals surface area contributed by atoms with E-state index in [1.807, 2.05) is 61.0 Å². The molecule has 1 aromatic carbocycles.